The minimum atomic E-state index is -1.13. The largest absolute Gasteiger partial charge is 0.478 e. The Bertz CT molecular complexity index is 624. The first-order chi connectivity index (χ1) is 8.97. The third kappa shape index (κ3) is 3.33. The standard InChI is InChI=1S/C13H7Br2FO3/c14-7-4-8(16)6-9(5-7)19-11-3-1-2-10(15)12(11)13(17)18/h1-6H,(H,17,18). The Labute approximate surface area is 125 Å². The van der Waals surface area contributed by atoms with E-state index >= 15 is 0 Å². The van der Waals surface area contributed by atoms with Crippen molar-refractivity contribution in [3.63, 3.8) is 0 Å². The fourth-order valence-electron chi connectivity index (χ4n) is 1.51. The third-order valence-electron chi connectivity index (χ3n) is 2.25. The summed E-state index contributed by atoms with van der Waals surface area (Å²) in [5.41, 5.74) is -0.0112. The number of halogens is 3. The molecule has 0 radical (unpaired) electrons. The van der Waals surface area contributed by atoms with E-state index in [1.165, 1.54) is 18.2 Å². The van der Waals surface area contributed by atoms with Crippen molar-refractivity contribution in [2.45, 2.75) is 0 Å². The summed E-state index contributed by atoms with van der Waals surface area (Å²) < 4.78 is 19.6. The predicted octanol–water partition coefficient (Wildman–Crippen LogP) is 4.84. The molecule has 0 saturated heterocycles. The van der Waals surface area contributed by atoms with Gasteiger partial charge in [-0.2, -0.15) is 0 Å². The molecule has 0 heterocycles. The zero-order valence-electron chi connectivity index (χ0n) is 9.36. The Morgan fingerprint density at radius 2 is 1.95 bits per heavy atom. The zero-order chi connectivity index (χ0) is 14.0. The van der Waals surface area contributed by atoms with Crippen molar-refractivity contribution in [1.29, 1.82) is 0 Å². The number of benzene rings is 2. The van der Waals surface area contributed by atoms with E-state index in [9.17, 15) is 9.18 Å². The van der Waals surface area contributed by atoms with Gasteiger partial charge in [0.25, 0.3) is 0 Å². The maximum Gasteiger partial charge on any atom is 0.340 e. The molecule has 2 rings (SSSR count). The van der Waals surface area contributed by atoms with Crippen LogP contribution < -0.4 is 4.74 Å². The van der Waals surface area contributed by atoms with Gasteiger partial charge in [0.2, 0.25) is 0 Å². The third-order valence-corrected chi connectivity index (χ3v) is 3.37. The number of carboxylic acid groups (broad SMARTS) is 1. The van der Waals surface area contributed by atoms with E-state index in [1.807, 2.05) is 0 Å². The highest BCUT2D eigenvalue weighted by Gasteiger charge is 2.16. The lowest BCUT2D eigenvalue weighted by Gasteiger charge is -2.10. The Kier molecular flexibility index (Phi) is 4.21. The van der Waals surface area contributed by atoms with Crippen LogP contribution in [0.25, 0.3) is 0 Å². The molecule has 0 saturated carbocycles. The summed E-state index contributed by atoms with van der Waals surface area (Å²) in [6.45, 7) is 0. The molecule has 0 spiro atoms. The van der Waals surface area contributed by atoms with Gasteiger partial charge in [0.1, 0.15) is 22.9 Å². The summed E-state index contributed by atoms with van der Waals surface area (Å²) in [4.78, 5) is 11.2. The van der Waals surface area contributed by atoms with Crippen LogP contribution in [0.3, 0.4) is 0 Å². The molecular formula is C13H7Br2FO3. The van der Waals surface area contributed by atoms with Gasteiger partial charge in [-0.15, -0.1) is 0 Å². The lowest BCUT2D eigenvalue weighted by atomic mass is 10.2. The highest BCUT2D eigenvalue weighted by Crippen LogP contribution is 2.32. The second kappa shape index (κ2) is 5.71. The lowest BCUT2D eigenvalue weighted by molar-refractivity contribution is 0.0693. The van der Waals surface area contributed by atoms with Gasteiger partial charge in [0.05, 0.1) is 0 Å². The highest BCUT2D eigenvalue weighted by molar-refractivity contribution is 9.10. The second-order valence-electron chi connectivity index (χ2n) is 3.63. The van der Waals surface area contributed by atoms with E-state index in [0.717, 1.165) is 0 Å². The first-order valence-corrected chi connectivity index (χ1v) is 6.71. The second-order valence-corrected chi connectivity index (χ2v) is 5.40. The summed E-state index contributed by atoms with van der Waals surface area (Å²) in [7, 11) is 0. The maximum absolute atomic E-state index is 13.2. The summed E-state index contributed by atoms with van der Waals surface area (Å²) in [6, 6.07) is 8.75. The Balaban J connectivity index is 2.43. The number of hydrogen-bond acceptors (Lipinski definition) is 2. The Morgan fingerprint density at radius 1 is 1.21 bits per heavy atom. The van der Waals surface area contributed by atoms with Crippen LogP contribution in [0.5, 0.6) is 11.5 Å². The molecule has 0 aliphatic rings. The number of hydrogen-bond donors (Lipinski definition) is 1. The van der Waals surface area contributed by atoms with E-state index in [-0.39, 0.29) is 17.1 Å². The molecule has 3 nitrogen and oxygen atoms in total. The van der Waals surface area contributed by atoms with Crippen LogP contribution in [0.15, 0.2) is 45.3 Å². The molecule has 2 aromatic rings. The maximum atomic E-state index is 13.2. The first kappa shape index (κ1) is 14.0. The molecule has 0 aliphatic carbocycles. The fraction of sp³-hybridized carbons (Fsp3) is 0. The summed E-state index contributed by atoms with van der Waals surface area (Å²) in [5.74, 6) is -1.25. The minimum absolute atomic E-state index is 0.0112. The van der Waals surface area contributed by atoms with Crippen LogP contribution in [0.4, 0.5) is 4.39 Å². The quantitative estimate of drug-likeness (QED) is 0.816. The van der Waals surface area contributed by atoms with E-state index in [0.29, 0.717) is 8.95 Å². The van der Waals surface area contributed by atoms with Gasteiger partial charge in [0, 0.05) is 15.0 Å². The van der Waals surface area contributed by atoms with Gasteiger partial charge in [-0.05, 0) is 40.2 Å². The van der Waals surface area contributed by atoms with Crippen molar-refractivity contribution < 1.29 is 19.0 Å². The van der Waals surface area contributed by atoms with Gasteiger partial charge in [-0.25, -0.2) is 9.18 Å². The van der Waals surface area contributed by atoms with Crippen LogP contribution >= 0.6 is 31.9 Å². The molecular weight excluding hydrogens is 383 g/mol. The Hall–Kier alpha value is -1.40. The van der Waals surface area contributed by atoms with Crippen LogP contribution in [0.1, 0.15) is 10.4 Å². The molecule has 0 amide bonds. The van der Waals surface area contributed by atoms with Crippen LogP contribution in [-0.4, -0.2) is 11.1 Å². The topological polar surface area (TPSA) is 46.5 Å². The monoisotopic (exact) mass is 388 g/mol. The predicted molar refractivity (Wildman–Crippen MR) is 75.3 cm³/mol. The van der Waals surface area contributed by atoms with Gasteiger partial charge in [-0.1, -0.05) is 22.0 Å². The van der Waals surface area contributed by atoms with Crippen LogP contribution in [0, 0.1) is 5.82 Å². The molecule has 1 N–H and O–H groups in total. The van der Waals surface area contributed by atoms with Crippen LogP contribution in [0.2, 0.25) is 0 Å². The molecule has 0 aliphatic heterocycles. The molecule has 0 bridgehead atoms. The number of carbonyl (C=O) groups is 1. The number of aromatic carboxylic acids is 1. The normalized spacial score (nSPS) is 10.3. The molecule has 6 heteroatoms. The Morgan fingerprint density at radius 3 is 2.58 bits per heavy atom. The van der Waals surface area contributed by atoms with E-state index in [2.05, 4.69) is 31.9 Å². The molecule has 0 atom stereocenters. The molecule has 98 valence electrons. The summed E-state index contributed by atoms with van der Waals surface area (Å²) in [5, 5.41) is 9.14. The molecule has 19 heavy (non-hydrogen) atoms. The molecule has 0 aromatic heterocycles. The molecule has 0 unspecified atom stereocenters. The van der Waals surface area contributed by atoms with Gasteiger partial charge in [0.15, 0.2) is 0 Å². The highest BCUT2D eigenvalue weighted by atomic mass is 79.9. The van der Waals surface area contributed by atoms with Crippen LogP contribution in [-0.2, 0) is 0 Å². The number of carboxylic acids is 1. The fourth-order valence-corrected chi connectivity index (χ4v) is 2.47. The van der Waals surface area contributed by atoms with Crippen molar-refractivity contribution in [1.82, 2.24) is 0 Å². The zero-order valence-corrected chi connectivity index (χ0v) is 12.5. The average molecular weight is 390 g/mol. The van der Waals surface area contributed by atoms with Crippen molar-refractivity contribution in [3.8, 4) is 11.5 Å². The van der Waals surface area contributed by atoms with Crippen molar-refractivity contribution in [2.24, 2.45) is 0 Å². The van der Waals surface area contributed by atoms with E-state index < -0.39 is 11.8 Å². The average Bonchev–Trinajstić information content (AvgIpc) is 2.26. The lowest BCUT2D eigenvalue weighted by Crippen LogP contribution is -2.01. The number of rotatable bonds is 3. The van der Waals surface area contributed by atoms with E-state index in [4.69, 9.17) is 9.84 Å². The van der Waals surface area contributed by atoms with E-state index in [1.54, 1.807) is 18.2 Å². The number of ether oxygens (including phenoxy) is 1. The smallest absolute Gasteiger partial charge is 0.340 e. The van der Waals surface area contributed by atoms with Crippen molar-refractivity contribution >= 4 is 37.8 Å². The molecule has 0 fully saturated rings. The first-order valence-electron chi connectivity index (χ1n) is 5.13. The summed E-state index contributed by atoms with van der Waals surface area (Å²) in [6.07, 6.45) is 0. The SMILES string of the molecule is O=C(O)c1c(Br)cccc1Oc1cc(F)cc(Br)c1. The van der Waals surface area contributed by atoms with Gasteiger partial charge in [-0.3, -0.25) is 0 Å². The van der Waals surface area contributed by atoms with Crippen molar-refractivity contribution in [2.75, 3.05) is 0 Å². The van der Waals surface area contributed by atoms with Gasteiger partial charge >= 0.3 is 5.97 Å². The summed E-state index contributed by atoms with van der Waals surface area (Å²) >= 11 is 6.29. The molecule has 2 aromatic carbocycles. The minimum Gasteiger partial charge on any atom is -0.478 e. The van der Waals surface area contributed by atoms with Gasteiger partial charge < -0.3 is 9.84 Å². The van der Waals surface area contributed by atoms with Crippen molar-refractivity contribution in [3.05, 3.63) is 56.7 Å².